The van der Waals surface area contributed by atoms with Crippen LogP contribution in [-0.2, 0) is 30.4 Å². The highest BCUT2D eigenvalue weighted by Gasteiger charge is 2.39. The van der Waals surface area contributed by atoms with Gasteiger partial charge < -0.3 is 28.4 Å². The molecule has 0 saturated carbocycles. The van der Waals surface area contributed by atoms with Gasteiger partial charge in [0.15, 0.2) is 18.1 Å². The van der Waals surface area contributed by atoms with E-state index in [0.29, 0.717) is 17.1 Å². The van der Waals surface area contributed by atoms with Crippen LogP contribution in [0.15, 0.2) is 48.7 Å². The topological polar surface area (TPSA) is 68.5 Å². The zero-order chi connectivity index (χ0) is 30.5. The minimum absolute atomic E-state index is 0.0512. The van der Waals surface area contributed by atoms with Crippen molar-refractivity contribution in [2.45, 2.75) is 31.6 Å². The number of aromatic nitrogens is 2. The fraction of sp³-hybridized carbons (Fsp3) is 0.355. The zero-order valence-electron chi connectivity index (χ0n) is 23.9. The summed E-state index contributed by atoms with van der Waals surface area (Å²) in [5, 5.41) is 0. The lowest BCUT2D eigenvalue weighted by Gasteiger charge is -2.36. The van der Waals surface area contributed by atoms with Crippen molar-refractivity contribution in [3.8, 4) is 17.2 Å². The van der Waals surface area contributed by atoms with Gasteiger partial charge in [0, 0.05) is 43.9 Å². The Labute approximate surface area is 245 Å². The van der Waals surface area contributed by atoms with Gasteiger partial charge in [0.2, 0.25) is 0 Å². The van der Waals surface area contributed by atoms with Crippen molar-refractivity contribution in [1.82, 2.24) is 19.2 Å². The van der Waals surface area contributed by atoms with Crippen molar-refractivity contribution < 1.29 is 36.6 Å². The minimum Gasteiger partial charge on any atom is -0.493 e. The standard InChI is InChI=1S/C31H30F4N4O4/c1-37-9-6-18-4-5-21(12-19(18)16-37)43-17-28(40)39-11-8-24-30(38-10-7-20(31(33,34)35)13-27(38)36-24)29(39)22-14-25(41-2)26(42-3)15-23(22)32/h4-5,7,10,12-15,29H,6,8-9,11,16-17H2,1-3H3. The van der Waals surface area contributed by atoms with Gasteiger partial charge in [0.1, 0.15) is 23.3 Å². The molecule has 0 bridgehead atoms. The van der Waals surface area contributed by atoms with Crippen LogP contribution in [0.3, 0.4) is 0 Å². The van der Waals surface area contributed by atoms with E-state index in [4.69, 9.17) is 14.2 Å². The lowest BCUT2D eigenvalue weighted by Crippen LogP contribution is -2.43. The van der Waals surface area contributed by atoms with Gasteiger partial charge in [-0.05, 0) is 54.9 Å². The molecule has 12 heteroatoms. The van der Waals surface area contributed by atoms with Crippen molar-refractivity contribution >= 4 is 11.6 Å². The number of fused-ring (bicyclic) bond motifs is 4. The van der Waals surface area contributed by atoms with E-state index >= 15 is 4.39 Å². The van der Waals surface area contributed by atoms with Gasteiger partial charge >= 0.3 is 6.18 Å². The van der Waals surface area contributed by atoms with Crippen LogP contribution in [0.25, 0.3) is 5.65 Å². The number of rotatable bonds is 6. The first kappa shape index (κ1) is 28.8. The number of imidazole rings is 1. The second-order valence-electron chi connectivity index (χ2n) is 10.8. The largest absolute Gasteiger partial charge is 0.493 e. The molecule has 4 aromatic rings. The van der Waals surface area contributed by atoms with E-state index in [0.717, 1.165) is 43.3 Å². The van der Waals surface area contributed by atoms with Crippen LogP contribution in [0, 0.1) is 5.82 Å². The summed E-state index contributed by atoms with van der Waals surface area (Å²) >= 11 is 0. The summed E-state index contributed by atoms with van der Waals surface area (Å²) in [6, 6.07) is 9.24. The lowest BCUT2D eigenvalue weighted by molar-refractivity contribution is -0.137. The molecule has 1 unspecified atom stereocenters. The average Bonchev–Trinajstić information content (AvgIpc) is 3.36. The molecule has 0 saturated heterocycles. The van der Waals surface area contributed by atoms with Crippen molar-refractivity contribution in [2.75, 3.05) is 41.0 Å². The second kappa shape index (κ2) is 11.1. The second-order valence-corrected chi connectivity index (χ2v) is 10.8. The summed E-state index contributed by atoms with van der Waals surface area (Å²) < 4.78 is 74.2. The molecule has 6 rings (SSSR count). The van der Waals surface area contributed by atoms with Gasteiger partial charge in [0.05, 0.1) is 31.2 Å². The Morgan fingerprint density at radius 3 is 2.51 bits per heavy atom. The van der Waals surface area contributed by atoms with E-state index in [1.807, 2.05) is 25.2 Å². The molecule has 8 nitrogen and oxygen atoms in total. The number of nitrogens with zero attached hydrogens (tertiary/aromatic N) is 4. The minimum atomic E-state index is -4.56. The molecular weight excluding hydrogens is 568 g/mol. The Balaban J connectivity index is 1.39. The van der Waals surface area contributed by atoms with Crippen molar-refractivity contribution in [1.29, 1.82) is 0 Å². The third kappa shape index (κ3) is 5.35. The number of likely N-dealkylation sites (N-methyl/N-ethyl adjacent to an activating group) is 1. The van der Waals surface area contributed by atoms with Gasteiger partial charge in [0.25, 0.3) is 5.91 Å². The average molecular weight is 599 g/mol. The molecule has 0 radical (unpaired) electrons. The zero-order valence-corrected chi connectivity index (χ0v) is 23.9. The smallest absolute Gasteiger partial charge is 0.416 e. The summed E-state index contributed by atoms with van der Waals surface area (Å²) in [5.41, 5.74) is 2.53. The normalized spacial score (nSPS) is 17.0. The van der Waals surface area contributed by atoms with Gasteiger partial charge in [-0.1, -0.05) is 6.07 Å². The molecule has 0 aliphatic carbocycles. The fourth-order valence-corrected chi connectivity index (χ4v) is 5.92. The lowest BCUT2D eigenvalue weighted by atomic mass is 9.94. The SMILES string of the molecule is COc1cc(F)c(C2c3c(nc4cc(C(F)(F)F)ccn34)CCN2C(=O)COc2ccc3c(c2)CN(C)CC3)cc1OC. The first-order valence-corrected chi connectivity index (χ1v) is 13.8. The van der Waals surface area contributed by atoms with Gasteiger partial charge in [-0.25, -0.2) is 9.37 Å². The van der Waals surface area contributed by atoms with Crippen LogP contribution in [0.1, 0.15) is 39.7 Å². The molecule has 0 N–H and O–H groups in total. The summed E-state index contributed by atoms with van der Waals surface area (Å²) in [6.07, 6.45) is -2.11. The number of benzene rings is 2. The summed E-state index contributed by atoms with van der Waals surface area (Å²) in [7, 11) is 4.83. The molecule has 226 valence electrons. The summed E-state index contributed by atoms with van der Waals surface area (Å²) in [6.45, 7) is 1.58. The van der Waals surface area contributed by atoms with Gasteiger partial charge in [-0.3, -0.25) is 4.79 Å². The molecule has 2 aliphatic heterocycles. The number of alkyl halides is 3. The van der Waals surface area contributed by atoms with Crippen LogP contribution >= 0.6 is 0 Å². The molecule has 0 spiro atoms. The number of hydrogen-bond donors (Lipinski definition) is 0. The number of pyridine rings is 1. The van der Waals surface area contributed by atoms with Crippen LogP contribution in [0.5, 0.6) is 17.2 Å². The molecule has 1 amide bonds. The predicted octanol–water partition coefficient (Wildman–Crippen LogP) is 5.05. The fourth-order valence-electron chi connectivity index (χ4n) is 5.92. The van der Waals surface area contributed by atoms with Crippen molar-refractivity contribution in [3.63, 3.8) is 0 Å². The van der Waals surface area contributed by atoms with E-state index in [1.165, 1.54) is 41.3 Å². The Hall–Kier alpha value is -4.32. The van der Waals surface area contributed by atoms with Crippen molar-refractivity contribution in [2.24, 2.45) is 0 Å². The quantitative estimate of drug-likeness (QED) is 0.290. The third-order valence-corrected chi connectivity index (χ3v) is 8.09. The Morgan fingerprint density at radius 2 is 1.77 bits per heavy atom. The third-order valence-electron chi connectivity index (χ3n) is 8.09. The number of carbonyl (C=O) groups excluding carboxylic acids is 1. The highest BCUT2D eigenvalue weighted by molar-refractivity contribution is 5.79. The number of hydrogen-bond acceptors (Lipinski definition) is 6. The van der Waals surface area contributed by atoms with Gasteiger partial charge in [-0.15, -0.1) is 0 Å². The molecule has 2 aromatic heterocycles. The number of methoxy groups -OCH3 is 2. The molecule has 0 fully saturated rings. The molecular formula is C31H30F4N4O4. The van der Waals surface area contributed by atoms with E-state index < -0.39 is 29.5 Å². The number of carbonyl (C=O) groups is 1. The highest BCUT2D eigenvalue weighted by Crippen LogP contribution is 2.41. The highest BCUT2D eigenvalue weighted by atomic mass is 19.4. The van der Waals surface area contributed by atoms with E-state index in [-0.39, 0.29) is 42.3 Å². The molecule has 2 aromatic carbocycles. The Bertz CT molecular complexity index is 1700. The van der Waals surface area contributed by atoms with Gasteiger partial charge in [-0.2, -0.15) is 13.2 Å². The number of amides is 1. The number of halogens is 4. The first-order chi connectivity index (χ1) is 20.6. The van der Waals surface area contributed by atoms with Crippen molar-refractivity contribution in [3.05, 3.63) is 88.1 Å². The van der Waals surface area contributed by atoms with E-state index in [2.05, 4.69) is 9.88 Å². The monoisotopic (exact) mass is 598 g/mol. The summed E-state index contributed by atoms with van der Waals surface area (Å²) in [4.78, 5) is 21.9. The maximum atomic E-state index is 15.8. The predicted molar refractivity (Wildman–Crippen MR) is 149 cm³/mol. The first-order valence-electron chi connectivity index (χ1n) is 13.8. The molecule has 2 aliphatic rings. The summed E-state index contributed by atoms with van der Waals surface area (Å²) in [5.74, 6) is -0.145. The number of ether oxygens (including phenoxy) is 3. The molecule has 1 atom stereocenters. The van der Waals surface area contributed by atoms with E-state index in [1.54, 1.807) is 0 Å². The van der Waals surface area contributed by atoms with Crippen LogP contribution in [-0.4, -0.2) is 66.1 Å². The van der Waals surface area contributed by atoms with Crippen LogP contribution < -0.4 is 14.2 Å². The van der Waals surface area contributed by atoms with Crippen LogP contribution in [0.2, 0.25) is 0 Å². The molecule has 43 heavy (non-hydrogen) atoms. The maximum Gasteiger partial charge on any atom is 0.416 e. The van der Waals surface area contributed by atoms with E-state index in [9.17, 15) is 18.0 Å². The van der Waals surface area contributed by atoms with Crippen LogP contribution in [0.4, 0.5) is 17.6 Å². The maximum absolute atomic E-state index is 15.8. The molecule has 4 heterocycles. The Morgan fingerprint density at radius 1 is 1.00 bits per heavy atom. The Kier molecular flexibility index (Phi) is 7.41.